The van der Waals surface area contributed by atoms with Gasteiger partial charge >= 0.3 is 0 Å². The van der Waals surface area contributed by atoms with E-state index in [1.54, 1.807) is 28.7 Å². The standard InChI is InChI=1S/C17H16FNS2/c1-12(13-6-2-3-7-14(13)18)19-17(15-8-4-10-20-15)16-9-5-11-21-16/h2-12,17,19H,1H3. The Morgan fingerprint density at radius 1 is 0.905 bits per heavy atom. The van der Waals surface area contributed by atoms with Gasteiger partial charge in [0.25, 0.3) is 0 Å². The second-order valence-corrected chi connectivity index (χ2v) is 6.83. The summed E-state index contributed by atoms with van der Waals surface area (Å²) >= 11 is 3.44. The van der Waals surface area contributed by atoms with Gasteiger partial charge in [-0.2, -0.15) is 0 Å². The minimum absolute atomic E-state index is 0.0552. The highest BCUT2D eigenvalue weighted by molar-refractivity contribution is 7.11. The van der Waals surface area contributed by atoms with Crippen molar-refractivity contribution in [3.8, 4) is 0 Å². The summed E-state index contributed by atoms with van der Waals surface area (Å²) < 4.78 is 13.9. The van der Waals surface area contributed by atoms with E-state index in [4.69, 9.17) is 0 Å². The molecule has 0 aliphatic heterocycles. The Labute approximate surface area is 132 Å². The van der Waals surface area contributed by atoms with Crippen LogP contribution in [0.1, 0.15) is 34.3 Å². The van der Waals surface area contributed by atoms with Crippen molar-refractivity contribution in [1.29, 1.82) is 0 Å². The summed E-state index contributed by atoms with van der Waals surface area (Å²) in [6.45, 7) is 2.01. The van der Waals surface area contributed by atoms with Crippen LogP contribution in [0.15, 0.2) is 59.3 Å². The van der Waals surface area contributed by atoms with Gasteiger partial charge in [0, 0.05) is 21.4 Å². The van der Waals surface area contributed by atoms with Crippen LogP contribution in [0.5, 0.6) is 0 Å². The van der Waals surface area contributed by atoms with Crippen molar-refractivity contribution < 1.29 is 4.39 Å². The Hall–Kier alpha value is -1.49. The summed E-state index contributed by atoms with van der Waals surface area (Å²) in [6, 6.07) is 15.4. The zero-order valence-electron chi connectivity index (χ0n) is 11.6. The molecule has 0 saturated carbocycles. The first-order chi connectivity index (χ1) is 10.3. The Bertz CT molecular complexity index is 642. The molecule has 3 aromatic rings. The first-order valence-corrected chi connectivity index (χ1v) is 8.59. The molecule has 3 rings (SSSR count). The van der Waals surface area contributed by atoms with E-state index >= 15 is 0 Å². The quantitative estimate of drug-likeness (QED) is 0.665. The molecule has 1 unspecified atom stereocenters. The predicted octanol–water partition coefficient (Wildman–Crippen LogP) is 5.39. The lowest BCUT2D eigenvalue weighted by Gasteiger charge is -2.22. The third kappa shape index (κ3) is 3.23. The van der Waals surface area contributed by atoms with Crippen molar-refractivity contribution >= 4 is 22.7 Å². The van der Waals surface area contributed by atoms with Gasteiger partial charge in [-0.1, -0.05) is 30.3 Å². The maximum absolute atomic E-state index is 13.9. The summed E-state index contributed by atoms with van der Waals surface area (Å²) in [4.78, 5) is 2.50. The van der Waals surface area contributed by atoms with Gasteiger partial charge in [-0.05, 0) is 35.9 Å². The lowest BCUT2D eigenvalue weighted by atomic mass is 10.1. The molecular weight excluding hydrogens is 301 g/mol. The molecule has 0 bridgehead atoms. The highest BCUT2D eigenvalue weighted by Gasteiger charge is 2.20. The van der Waals surface area contributed by atoms with Crippen LogP contribution >= 0.6 is 22.7 Å². The predicted molar refractivity (Wildman–Crippen MR) is 88.4 cm³/mol. The van der Waals surface area contributed by atoms with Crippen LogP contribution in [-0.4, -0.2) is 0 Å². The van der Waals surface area contributed by atoms with Crippen LogP contribution in [0, 0.1) is 5.82 Å². The van der Waals surface area contributed by atoms with Gasteiger partial charge in [-0.3, -0.25) is 5.32 Å². The van der Waals surface area contributed by atoms with Gasteiger partial charge in [0.1, 0.15) is 5.82 Å². The van der Waals surface area contributed by atoms with E-state index in [9.17, 15) is 4.39 Å². The average Bonchev–Trinajstić information content (AvgIpc) is 3.18. The molecule has 0 amide bonds. The number of rotatable bonds is 5. The lowest BCUT2D eigenvalue weighted by molar-refractivity contribution is 0.498. The molecule has 1 aromatic carbocycles. The van der Waals surface area contributed by atoms with Crippen molar-refractivity contribution in [2.24, 2.45) is 0 Å². The fourth-order valence-electron chi connectivity index (χ4n) is 2.38. The lowest BCUT2D eigenvalue weighted by Crippen LogP contribution is -2.25. The molecule has 1 nitrogen and oxygen atoms in total. The van der Waals surface area contributed by atoms with Crippen LogP contribution < -0.4 is 5.32 Å². The zero-order chi connectivity index (χ0) is 14.7. The summed E-state index contributed by atoms with van der Waals surface area (Å²) in [7, 11) is 0. The second kappa shape index (κ2) is 6.52. The number of thiophene rings is 2. The molecule has 0 fully saturated rings. The maximum Gasteiger partial charge on any atom is 0.127 e. The minimum atomic E-state index is -0.159. The van der Waals surface area contributed by atoms with E-state index in [2.05, 4.69) is 40.3 Å². The summed E-state index contributed by atoms with van der Waals surface area (Å²) in [5, 5.41) is 7.71. The molecular formula is C17H16FNS2. The highest BCUT2D eigenvalue weighted by atomic mass is 32.1. The average molecular weight is 317 g/mol. The van der Waals surface area contributed by atoms with Crippen molar-refractivity contribution in [1.82, 2.24) is 5.32 Å². The van der Waals surface area contributed by atoms with E-state index in [1.165, 1.54) is 15.8 Å². The van der Waals surface area contributed by atoms with Gasteiger partial charge in [0.05, 0.1) is 6.04 Å². The largest absolute Gasteiger partial charge is 0.298 e. The van der Waals surface area contributed by atoms with Crippen LogP contribution in [0.25, 0.3) is 0 Å². The van der Waals surface area contributed by atoms with E-state index in [-0.39, 0.29) is 17.9 Å². The third-order valence-electron chi connectivity index (χ3n) is 3.44. The fraction of sp³-hybridized carbons (Fsp3) is 0.176. The van der Waals surface area contributed by atoms with Crippen LogP contribution in [-0.2, 0) is 0 Å². The molecule has 1 N–H and O–H groups in total. The monoisotopic (exact) mass is 317 g/mol. The Morgan fingerprint density at radius 3 is 2.05 bits per heavy atom. The summed E-state index contributed by atoms with van der Waals surface area (Å²) in [5.74, 6) is -0.159. The SMILES string of the molecule is CC(NC(c1cccs1)c1cccs1)c1ccccc1F. The summed E-state index contributed by atoms with van der Waals surface area (Å²) in [5.41, 5.74) is 0.704. The van der Waals surface area contributed by atoms with Crippen molar-refractivity contribution in [3.63, 3.8) is 0 Å². The molecule has 0 radical (unpaired) electrons. The smallest absolute Gasteiger partial charge is 0.127 e. The topological polar surface area (TPSA) is 12.0 Å². The number of halogens is 1. The summed E-state index contributed by atoms with van der Waals surface area (Å²) in [6.07, 6.45) is 0. The first kappa shape index (κ1) is 14.4. The number of nitrogens with one attached hydrogen (secondary N) is 1. The number of benzene rings is 1. The molecule has 1 atom stereocenters. The molecule has 0 aliphatic rings. The van der Waals surface area contributed by atoms with Crippen molar-refractivity contribution in [3.05, 3.63) is 80.4 Å². The molecule has 4 heteroatoms. The van der Waals surface area contributed by atoms with Gasteiger partial charge in [0.15, 0.2) is 0 Å². The van der Waals surface area contributed by atoms with Crippen molar-refractivity contribution in [2.45, 2.75) is 19.0 Å². The van der Waals surface area contributed by atoms with Crippen LogP contribution in [0.2, 0.25) is 0 Å². The molecule has 108 valence electrons. The fourth-order valence-corrected chi connectivity index (χ4v) is 4.06. The molecule has 0 saturated heterocycles. The highest BCUT2D eigenvalue weighted by Crippen LogP contribution is 2.31. The number of hydrogen-bond acceptors (Lipinski definition) is 3. The Balaban J connectivity index is 1.87. The van der Waals surface area contributed by atoms with E-state index in [1.807, 2.05) is 19.1 Å². The second-order valence-electron chi connectivity index (χ2n) is 4.87. The van der Waals surface area contributed by atoms with E-state index in [0.29, 0.717) is 5.56 Å². The van der Waals surface area contributed by atoms with Crippen molar-refractivity contribution in [2.75, 3.05) is 0 Å². The van der Waals surface area contributed by atoms with Crippen LogP contribution in [0.3, 0.4) is 0 Å². The maximum atomic E-state index is 13.9. The van der Waals surface area contributed by atoms with Crippen LogP contribution in [0.4, 0.5) is 4.39 Å². The molecule has 21 heavy (non-hydrogen) atoms. The van der Waals surface area contributed by atoms with Gasteiger partial charge in [-0.25, -0.2) is 4.39 Å². The Kier molecular flexibility index (Phi) is 4.48. The van der Waals surface area contributed by atoms with Gasteiger partial charge in [-0.15, -0.1) is 22.7 Å². The van der Waals surface area contributed by atoms with Gasteiger partial charge < -0.3 is 0 Å². The first-order valence-electron chi connectivity index (χ1n) is 6.83. The van der Waals surface area contributed by atoms with Gasteiger partial charge in [0.2, 0.25) is 0 Å². The molecule has 2 aromatic heterocycles. The molecule has 2 heterocycles. The number of hydrogen-bond donors (Lipinski definition) is 1. The molecule has 0 aliphatic carbocycles. The Morgan fingerprint density at radius 2 is 1.52 bits per heavy atom. The zero-order valence-corrected chi connectivity index (χ0v) is 13.3. The van der Waals surface area contributed by atoms with E-state index < -0.39 is 0 Å². The molecule has 0 spiro atoms. The third-order valence-corrected chi connectivity index (χ3v) is 5.32. The van der Waals surface area contributed by atoms with E-state index in [0.717, 1.165) is 0 Å². The minimum Gasteiger partial charge on any atom is -0.298 e. The normalized spacial score (nSPS) is 12.7.